The summed E-state index contributed by atoms with van der Waals surface area (Å²) in [5.74, 6) is 0.0942. The van der Waals surface area contributed by atoms with Gasteiger partial charge >= 0.3 is 0 Å². The average molecular weight is 448 g/mol. The molecule has 5 nitrogen and oxygen atoms in total. The van der Waals surface area contributed by atoms with Crippen molar-refractivity contribution in [3.05, 3.63) is 63.6 Å². The van der Waals surface area contributed by atoms with Crippen molar-refractivity contribution in [2.75, 3.05) is 11.9 Å². The van der Waals surface area contributed by atoms with Crippen molar-refractivity contribution in [2.24, 2.45) is 0 Å². The molecule has 0 bridgehead atoms. The highest BCUT2D eigenvalue weighted by Gasteiger charge is 2.32. The summed E-state index contributed by atoms with van der Waals surface area (Å²) in [5.41, 5.74) is 0.910. The number of nitrogens with one attached hydrogen (secondary N) is 1. The third-order valence-corrected chi connectivity index (χ3v) is 5.39. The van der Waals surface area contributed by atoms with E-state index in [1.807, 2.05) is 24.3 Å². The van der Waals surface area contributed by atoms with Crippen LogP contribution in [0, 0.1) is 0 Å². The number of nitrogens with zero attached hydrogens (tertiary/aromatic N) is 2. The first-order chi connectivity index (χ1) is 12.5. The second kappa shape index (κ2) is 8.57. The molecule has 3 rings (SSSR count). The lowest BCUT2D eigenvalue weighted by atomic mass is 10.2. The van der Waals surface area contributed by atoms with Gasteiger partial charge in [-0.25, -0.2) is 4.98 Å². The molecule has 26 heavy (non-hydrogen) atoms. The first-order valence-electron chi connectivity index (χ1n) is 7.75. The van der Waals surface area contributed by atoms with Crippen LogP contribution in [-0.4, -0.2) is 32.6 Å². The van der Waals surface area contributed by atoms with Gasteiger partial charge in [0.1, 0.15) is 10.1 Å². The highest BCUT2D eigenvalue weighted by molar-refractivity contribution is 9.10. The maximum Gasteiger partial charge on any atom is 0.266 e. The number of aromatic nitrogens is 1. The monoisotopic (exact) mass is 447 g/mol. The van der Waals surface area contributed by atoms with Crippen LogP contribution in [0.25, 0.3) is 6.08 Å². The smallest absolute Gasteiger partial charge is 0.266 e. The summed E-state index contributed by atoms with van der Waals surface area (Å²) in [5, 5.41) is 2.69. The van der Waals surface area contributed by atoms with Crippen molar-refractivity contribution in [1.29, 1.82) is 0 Å². The van der Waals surface area contributed by atoms with E-state index in [1.165, 1.54) is 16.7 Å². The molecule has 2 aromatic rings. The summed E-state index contributed by atoms with van der Waals surface area (Å²) >= 11 is 9.95. The topological polar surface area (TPSA) is 62.3 Å². The van der Waals surface area contributed by atoms with Gasteiger partial charge < -0.3 is 5.32 Å². The fourth-order valence-corrected chi connectivity index (χ4v) is 4.02. The number of rotatable bonds is 5. The van der Waals surface area contributed by atoms with Crippen LogP contribution in [0.4, 0.5) is 5.82 Å². The summed E-state index contributed by atoms with van der Waals surface area (Å²) < 4.78 is 1.40. The third kappa shape index (κ3) is 4.78. The SMILES string of the molecule is O=C(CCN1C(=O)/C(=C/c2cccc(Br)c2)SC1=S)Nc1ccccn1. The van der Waals surface area contributed by atoms with Gasteiger partial charge in [-0.2, -0.15) is 0 Å². The summed E-state index contributed by atoms with van der Waals surface area (Å²) in [6.07, 6.45) is 3.55. The molecular formula is C18H14BrN3O2S2. The molecule has 8 heteroatoms. The molecule has 0 radical (unpaired) electrons. The Balaban J connectivity index is 1.61. The van der Waals surface area contributed by atoms with Crippen LogP contribution >= 0.6 is 39.9 Å². The Morgan fingerprint density at radius 2 is 2.15 bits per heavy atom. The maximum absolute atomic E-state index is 12.6. The molecule has 1 saturated heterocycles. The van der Waals surface area contributed by atoms with Crippen LogP contribution in [0.15, 0.2) is 58.0 Å². The highest BCUT2D eigenvalue weighted by atomic mass is 79.9. The molecule has 2 amide bonds. The third-order valence-electron chi connectivity index (χ3n) is 3.51. The molecule has 1 aromatic carbocycles. The van der Waals surface area contributed by atoms with E-state index < -0.39 is 0 Å². The fraction of sp³-hybridized carbons (Fsp3) is 0.111. The molecule has 0 spiro atoms. The Kier molecular flexibility index (Phi) is 6.18. The van der Waals surface area contributed by atoms with Crippen molar-refractivity contribution in [2.45, 2.75) is 6.42 Å². The number of hydrogen-bond acceptors (Lipinski definition) is 5. The minimum Gasteiger partial charge on any atom is -0.311 e. The summed E-state index contributed by atoms with van der Waals surface area (Å²) in [4.78, 5) is 30.7. The highest BCUT2D eigenvalue weighted by Crippen LogP contribution is 2.32. The number of halogens is 1. The van der Waals surface area contributed by atoms with E-state index in [1.54, 1.807) is 30.5 Å². The van der Waals surface area contributed by atoms with Gasteiger partial charge in [0, 0.05) is 23.6 Å². The van der Waals surface area contributed by atoms with E-state index in [0.717, 1.165) is 10.0 Å². The van der Waals surface area contributed by atoms with E-state index in [-0.39, 0.29) is 24.8 Å². The first kappa shape index (κ1) is 18.8. The predicted molar refractivity (Wildman–Crippen MR) is 112 cm³/mol. The predicted octanol–water partition coefficient (Wildman–Crippen LogP) is 4.07. The standard InChI is InChI=1S/C18H14BrN3O2S2/c19-13-5-3-4-12(10-13)11-14-17(24)22(18(25)26-14)9-7-16(23)21-15-6-1-2-8-20-15/h1-6,8,10-11H,7,9H2,(H,20,21,23)/b14-11-. The normalized spacial score (nSPS) is 15.6. The second-order valence-electron chi connectivity index (χ2n) is 5.40. The number of amides is 2. The number of thioether (sulfide) groups is 1. The molecule has 1 fully saturated rings. The molecule has 132 valence electrons. The molecule has 0 atom stereocenters. The number of pyridine rings is 1. The number of benzene rings is 1. The molecular weight excluding hydrogens is 434 g/mol. The summed E-state index contributed by atoms with van der Waals surface area (Å²) in [6.45, 7) is 0.235. The molecule has 0 unspecified atom stereocenters. The van der Waals surface area contributed by atoms with Crippen LogP contribution in [0.3, 0.4) is 0 Å². The van der Waals surface area contributed by atoms with E-state index in [0.29, 0.717) is 15.0 Å². The zero-order valence-electron chi connectivity index (χ0n) is 13.5. The molecule has 1 N–H and O–H groups in total. The maximum atomic E-state index is 12.6. The number of carbonyl (C=O) groups excluding carboxylic acids is 2. The van der Waals surface area contributed by atoms with Crippen LogP contribution in [0.1, 0.15) is 12.0 Å². The average Bonchev–Trinajstić information content (AvgIpc) is 2.87. The largest absolute Gasteiger partial charge is 0.311 e. The minimum absolute atomic E-state index is 0.146. The van der Waals surface area contributed by atoms with Gasteiger partial charge in [0.2, 0.25) is 5.91 Å². The summed E-state index contributed by atoms with van der Waals surface area (Å²) in [6, 6.07) is 12.9. The van der Waals surface area contributed by atoms with Gasteiger partial charge in [0.05, 0.1) is 4.91 Å². The zero-order valence-corrected chi connectivity index (χ0v) is 16.7. The lowest BCUT2D eigenvalue weighted by molar-refractivity contribution is -0.122. The van der Waals surface area contributed by atoms with Gasteiger partial charge in [-0.05, 0) is 35.9 Å². The van der Waals surface area contributed by atoms with Crippen LogP contribution in [0.5, 0.6) is 0 Å². The number of anilines is 1. The number of hydrogen-bond donors (Lipinski definition) is 1. The first-order valence-corrected chi connectivity index (χ1v) is 9.76. The number of carbonyl (C=O) groups is 2. The van der Waals surface area contributed by atoms with Crippen LogP contribution in [0.2, 0.25) is 0 Å². The Bertz CT molecular complexity index is 887. The van der Waals surface area contributed by atoms with Crippen molar-refractivity contribution in [3.63, 3.8) is 0 Å². The molecule has 1 aliphatic heterocycles. The van der Waals surface area contributed by atoms with E-state index >= 15 is 0 Å². The quantitative estimate of drug-likeness (QED) is 0.552. The van der Waals surface area contributed by atoms with Crippen molar-refractivity contribution in [1.82, 2.24) is 9.88 Å². The summed E-state index contributed by atoms with van der Waals surface area (Å²) in [7, 11) is 0. The molecule has 1 aromatic heterocycles. The molecule has 0 aliphatic carbocycles. The van der Waals surface area contributed by atoms with E-state index in [2.05, 4.69) is 26.2 Å². The Morgan fingerprint density at radius 1 is 1.31 bits per heavy atom. The molecule has 0 saturated carbocycles. The molecule has 2 heterocycles. The minimum atomic E-state index is -0.214. The van der Waals surface area contributed by atoms with Crippen LogP contribution < -0.4 is 5.32 Å². The van der Waals surface area contributed by atoms with Gasteiger partial charge in [-0.1, -0.05) is 58.1 Å². The van der Waals surface area contributed by atoms with Gasteiger partial charge in [0.15, 0.2) is 0 Å². The van der Waals surface area contributed by atoms with E-state index in [9.17, 15) is 9.59 Å². The number of thiocarbonyl (C=S) groups is 1. The molecule has 1 aliphatic rings. The Hall–Kier alpha value is -2.03. The lowest BCUT2D eigenvalue weighted by Crippen LogP contribution is -2.31. The van der Waals surface area contributed by atoms with E-state index in [4.69, 9.17) is 12.2 Å². The zero-order chi connectivity index (χ0) is 18.5. The van der Waals surface area contributed by atoms with Crippen molar-refractivity contribution >= 4 is 67.9 Å². The van der Waals surface area contributed by atoms with Gasteiger partial charge in [0.25, 0.3) is 5.91 Å². The Morgan fingerprint density at radius 3 is 2.88 bits per heavy atom. The van der Waals surface area contributed by atoms with Gasteiger partial charge in [-0.3, -0.25) is 14.5 Å². The lowest BCUT2D eigenvalue weighted by Gasteiger charge is -2.13. The second-order valence-corrected chi connectivity index (χ2v) is 7.99. The van der Waals surface area contributed by atoms with Crippen molar-refractivity contribution in [3.8, 4) is 0 Å². The Labute approximate surface area is 169 Å². The van der Waals surface area contributed by atoms with Crippen molar-refractivity contribution < 1.29 is 9.59 Å². The van der Waals surface area contributed by atoms with Gasteiger partial charge in [-0.15, -0.1) is 0 Å². The van der Waals surface area contributed by atoms with Crippen LogP contribution in [-0.2, 0) is 9.59 Å². The fourth-order valence-electron chi connectivity index (χ4n) is 2.30.